The van der Waals surface area contributed by atoms with Crippen LogP contribution >= 0.6 is 23.2 Å². The van der Waals surface area contributed by atoms with Gasteiger partial charge in [-0.3, -0.25) is 4.79 Å². The van der Waals surface area contributed by atoms with Crippen molar-refractivity contribution in [1.29, 1.82) is 0 Å². The van der Waals surface area contributed by atoms with Crippen LogP contribution in [0.2, 0.25) is 10.3 Å². The summed E-state index contributed by atoms with van der Waals surface area (Å²) in [4.78, 5) is 13.3. The molecule has 0 aliphatic carbocycles. The van der Waals surface area contributed by atoms with Gasteiger partial charge in [0, 0.05) is 18.2 Å². The molecule has 1 aromatic rings. The molecule has 18 heavy (non-hydrogen) atoms. The molecule has 3 unspecified atom stereocenters. The van der Waals surface area contributed by atoms with Gasteiger partial charge in [0.1, 0.15) is 0 Å². The number of aliphatic carboxylic acids is 1. The van der Waals surface area contributed by atoms with Crippen molar-refractivity contribution < 1.29 is 9.90 Å². The van der Waals surface area contributed by atoms with Crippen molar-refractivity contribution in [1.82, 2.24) is 10.2 Å². The van der Waals surface area contributed by atoms with Gasteiger partial charge in [0.25, 0.3) is 0 Å². The zero-order chi connectivity index (χ0) is 12.9. The van der Waals surface area contributed by atoms with E-state index in [1.165, 1.54) is 0 Å². The number of rotatable bonds is 2. The third-order valence-corrected chi connectivity index (χ3v) is 4.29. The lowest BCUT2D eigenvalue weighted by molar-refractivity contribution is -0.142. The summed E-state index contributed by atoms with van der Waals surface area (Å²) >= 11 is 11.9. The van der Waals surface area contributed by atoms with Crippen LogP contribution in [0.4, 0.5) is 5.69 Å². The average Bonchev–Trinajstić information content (AvgIpc) is 2.89. The monoisotopic (exact) mass is 287 g/mol. The van der Waals surface area contributed by atoms with Crippen LogP contribution in [0, 0.1) is 5.92 Å². The van der Waals surface area contributed by atoms with Crippen LogP contribution in [0.25, 0.3) is 0 Å². The van der Waals surface area contributed by atoms with Crippen LogP contribution in [0.5, 0.6) is 0 Å². The standard InChI is InChI=1S/C11H11Cl2N3O2/c12-9-4-8(10(13)15-14-9)16-5-1-2-7(16)6(3-5)11(17)18/h4-7H,1-3H2,(H,17,18). The lowest BCUT2D eigenvalue weighted by Crippen LogP contribution is -2.33. The van der Waals surface area contributed by atoms with E-state index in [-0.39, 0.29) is 28.3 Å². The second kappa shape index (κ2) is 4.24. The molecule has 2 fully saturated rings. The van der Waals surface area contributed by atoms with E-state index in [0.29, 0.717) is 12.1 Å². The van der Waals surface area contributed by atoms with Gasteiger partial charge in [-0.2, -0.15) is 0 Å². The quantitative estimate of drug-likeness (QED) is 0.904. The number of carboxylic acid groups (broad SMARTS) is 1. The lowest BCUT2D eigenvalue weighted by Gasteiger charge is -2.25. The molecule has 5 nitrogen and oxygen atoms in total. The third-order valence-electron chi connectivity index (χ3n) is 3.83. The Labute approximate surface area is 114 Å². The number of halogens is 2. The molecule has 2 aliphatic heterocycles. The maximum atomic E-state index is 11.2. The molecular formula is C11H11Cl2N3O2. The van der Waals surface area contributed by atoms with Crippen molar-refractivity contribution >= 4 is 34.9 Å². The summed E-state index contributed by atoms with van der Waals surface area (Å²) in [6.45, 7) is 0. The molecule has 7 heteroatoms. The Kier molecular flexibility index (Phi) is 2.83. The largest absolute Gasteiger partial charge is 0.481 e. The molecule has 2 bridgehead atoms. The summed E-state index contributed by atoms with van der Waals surface area (Å²) in [5.74, 6) is -1.07. The highest BCUT2D eigenvalue weighted by Gasteiger charge is 2.50. The number of hydrogen-bond acceptors (Lipinski definition) is 4. The number of aromatic nitrogens is 2. The minimum absolute atomic E-state index is 0.00901. The zero-order valence-electron chi connectivity index (χ0n) is 9.38. The van der Waals surface area contributed by atoms with Gasteiger partial charge in [-0.1, -0.05) is 23.2 Å². The maximum Gasteiger partial charge on any atom is 0.308 e. The maximum absolute atomic E-state index is 11.2. The van der Waals surface area contributed by atoms with Crippen molar-refractivity contribution in [2.75, 3.05) is 4.90 Å². The highest BCUT2D eigenvalue weighted by Crippen LogP contribution is 2.46. The number of anilines is 1. The van der Waals surface area contributed by atoms with Crippen molar-refractivity contribution in [2.45, 2.75) is 31.3 Å². The third kappa shape index (κ3) is 1.73. The fraction of sp³-hybridized carbons (Fsp3) is 0.545. The van der Waals surface area contributed by atoms with Crippen LogP contribution in [0.3, 0.4) is 0 Å². The van der Waals surface area contributed by atoms with Crippen LogP contribution in [-0.2, 0) is 4.79 Å². The fourth-order valence-electron chi connectivity index (χ4n) is 3.15. The molecule has 3 heterocycles. The summed E-state index contributed by atoms with van der Waals surface area (Å²) < 4.78 is 0. The molecule has 2 aliphatic rings. The summed E-state index contributed by atoms with van der Waals surface area (Å²) in [6.07, 6.45) is 2.53. The van der Waals surface area contributed by atoms with Crippen LogP contribution in [0.1, 0.15) is 19.3 Å². The van der Waals surface area contributed by atoms with E-state index in [9.17, 15) is 9.90 Å². The Balaban J connectivity index is 1.98. The Morgan fingerprint density at radius 2 is 2.17 bits per heavy atom. The summed E-state index contributed by atoms with van der Waals surface area (Å²) in [7, 11) is 0. The molecule has 96 valence electrons. The first-order valence-electron chi connectivity index (χ1n) is 5.78. The number of carboxylic acids is 1. The highest BCUT2D eigenvalue weighted by molar-refractivity contribution is 6.33. The summed E-state index contributed by atoms with van der Waals surface area (Å²) in [5, 5.41) is 17.2. The normalized spacial score (nSPS) is 29.9. The van der Waals surface area contributed by atoms with E-state index in [2.05, 4.69) is 15.1 Å². The Morgan fingerprint density at radius 3 is 2.83 bits per heavy atom. The van der Waals surface area contributed by atoms with E-state index >= 15 is 0 Å². The van der Waals surface area contributed by atoms with Gasteiger partial charge in [0.05, 0.1) is 11.6 Å². The number of carbonyl (C=O) groups is 1. The molecule has 0 spiro atoms. The van der Waals surface area contributed by atoms with E-state index in [1.54, 1.807) is 6.07 Å². The molecule has 1 aromatic heterocycles. The van der Waals surface area contributed by atoms with Gasteiger partial charge in [0.15, 0.2) is 10.3 Å². The minimum Gasteiger partial charge on any atom is -0.481 e. The van der Waals surface area contributed by atoms with E-state index in [0.717, 1.165) is 12.8 Å². The molecule has 2 saturated heterocycles. The SMILES string of the molecule is O=C(O)C1CC2CCC1N2c1cc(Cl)nnc1Cl. The van der Waals surface area contributed by atoms with Gasteiger partial charge < -0.3 is 10.0 Å². The van der Waals surface area contributed by atoms with Crippen molar-refractivity contribution in [3.8, 4) is 0 Å². The number of hydrogen-bond donors (Lipinski definition) is 1. The van der Waals surface area contributed by atoms with Gasteiger partial charge in [-0.15, -0.1) is 10.2 Å². The molecule has 3 atom stereocenters. The van der Waals surface area contributed by atoms with Crippen molar-refractivity contribution in [3.05, 3.63) is 16.4 Å². The average molecular weight is 288 g/mol. The first kappa shape index (κ1) is 12.0. The fourth-order valence-corrected chi connectivity index (χ4v) is 3.49. The zero-order valence-corrected chi connectivity index (χ0v) is 10.9. The summed E-state index contributed by atoms with van der Waals surface area (Å²) in [5.41, 5.74) is 0.702. The Hall–Kier alpha value is -1.07. The van der Waals surface area contributed by atoms with Gasteiger partial charge in [0.2, 0.25) is 0 Å². The van der Waals surface area contributed by atoms with Crippen LogP contribution in [0.15, 0.2) is 6.07 Å². The smallest absolute Gasteiger partial charge is 0.308 e. The predicted molar refractivity (Wildman–Crippen MR) is 67.1 cm³/mol. The molecule has 0 aromatic carbocycles. The van der Waals surface area contributed by atoms with Crippen molar-refractivity contribution in [3.63, 3.8) is 0 Å². The second-order valence-corrected chi connectivity index (χ2v) is 5.47. The molecule has 0 amide bonds. The van der Waals surface area contributed by atoms with E-state index in [1.807, 2.05) is 0 Å². The lowest BCUT2D eigenvalue weighted by atomic mass is 9.89. The van der Waals surface area contributed by atoms with Gasteiger partial charge in [-0.25, -0.2) is 0 Å². The van der Waals surface area contributed by atoms with E-state index < -0.39 is 5.97 Å². The first-order valence-corrected chi connectivity index (χ1v) is 6.53. The molecule has 3 rings (SSSR count). The van der Waals surface area contributed by atoms with Crippen molar-refractivity contribution in [2.24, 2.45) is 5.92 Å². The van der Waals surface area contributed by atoms with Crippen LogP contribution < -0.4 is 4.90 Å². The van der Waals surface area contributed by atoms with Crippen LogP contribution in [-0.4, -0.2) is 33.4 Å². The summed E-state index contributed by atoms with van der Waals surface area (Å²) in [6, 6.07) is 1.87. The topological polar surface area (TPSA) is 66.3 Å². The number of fused-ring (bicyclic) bond motifs is 2. The second-order valence-electron chi connectivity index (χ2n) is 4.73. The Bertz CT molecular complexity index is 511. The Morgan fingerprint density at radius 1 is 1.39 bits per heavy atom. The predicted octanol–water partition coefficient (Wildman–Crippen LogP) is 2.23. The molecule has 0 saturated carbocycles. The molecule has 0 radical (unpaired) electrons. The highest BCUT2D eigenvalue weighted by atomic mass is 35.5. The molecule has 1 N–H and O–H groups in total. The first-order chi connectivity index (χ1) is 8.58. The van der Waals surface area contributed by atoms with E-state index in [4.69, 9.17) is 23.2 Å². The minimum atomic E-state index is -0.739. The van der Waals surface area contributed by atoms with Gasteiger partial charge >= 0.3 is 5.97 Å². The molecular weight excluding hydrogens is 277 g/mol. The van der Waals surface area contributed by atoms with Gasteiger partial charge in [-0.05, 0) is 19.3 Å². The number of nitrogens with zero attached hydrogens (tertiary/aromatic N) is 3.